The van der Waals surface area contributed by atoms with E-state index in [9.17, 15) is 18.0 Å². The van der Waals surface area contributed by atoms with Gasteiger partial charge in [-0.2, -0.15) is 4.31 Å². The van der Waals surface area contributed by atoms with E-state index in [4.69, 9.17) is 0 Å². The van der Waals surface area contributed by atoms with Crippen molar-refractivity contribution in [2.45, 2.75) is 50.0 Å². The fourth-order valence-corrected chi connectivity index (χ4v) is 5.41. The van der Waals surface area contributed by atoms with Gasteiger partial charge in [0.2, 0.25) is 10.0 Å². The van der Waals surface area contributed by atoms with E-state index in [-0.39, 0.29) is 10.6 Å². The summed E-state index contributed by atoms with van der Waals surface area (Å²) in [6.45, 7) is 3.55. The zero-order valence-electron chi connectivity index (χ0n) is 13.9. The number of sulfonamides is 1. The quantitative estimate of drug-likeness (QED) is 0.793. The summed E-state index contributed by atoms with van der Waals surface area (Å²) in [6.07, 6.45) is 6.15. The molecule has 0 unspecified atom stereocenters. The summed E-state index contributed by atoms with van der Waals surface area (Å²) >= 11 is 0. The molecule has 1 aromatic rings. The molecule has 1 aromatic heterocycles. The van der Waals surface area contributed by atoms with Gasteiger partial charge in [0.15, 0.2) is 4.90 Å². The van der Waals surface area contributed by atoms with Crippen LogP contribution in [0.5, 0.6) is 0 Å². The van der Waals surface area contributed by atoms with E-state index in [0.717, 1.165) is 0 Å². The van der Waals surface area contributed by atoms with Crippen LogP contribution < -0.4 is 11.2 Å². The third kappa shape index (κ3) is 3.33. The molecular weight excluding hydrogens is 332 g/mol. The van der Waals surface area contributed by atoms with Crippen molar-refractivity contribution in [1.29, 1.82) is 0 Å². The van der Waals surface area contributed by atoms with Crippen molar-refractivity contribution >= 4 is 10.0 Å². The smallest absolute Gasteiger partial charge is 0.310 e. The summed E-state index contributed by atoms with van der Waals surface area (Å²) in [5.74, 6) is 0. The van der Waals surface area contributed by atoms with Crippen LogP contribution >= 0.6 is 0 Å². The zero-order valence-corrected chi connectivity index (χ0v) is 14.7. The molecule has 3 rings (SSSR count). The van der Waals surface area contributed by atoms with Crippen LogP contribution in [0.2, 0.25) is 0 Å². The number of hydrogen-bond acceptors (Lipinski definition) is 5. The maximum Gasteiger partial charge on any atom is 0.325 e. The van der Waals surface area contributed by atoms with E-state index < -0.39 is 21.3 Å². The Labute approximate surface area is 140 Å². The van der Waals surface area contributed by atoms with Crippen LogP contribution in [0.1, 0.15) is 37.8 Å². The number of nitrogens with zero attached hydrogens (tertiary/aromatic N) is 2. The standard InChI is InChI=1S/C15H24N4O4S/c1-11-13(14(20)17-15(21)16-11)24(22,23)19-9-7-18(8-10-19)12-5-3-2-4-6-12/h12H,2-10H2,1H3,(H2,16,17,20,21). The van der Waals surface area contributed by atoms with Crippen LogP contribution in [-0.4, -0.2) is 59.8 Å². The van der Waals surface area contributed by atoms with Crippen molar-refractivity contribution in [2.24, 2.45) is 0 Å². The molecule has 0 amide bonds. The predicted octanol–water partition coefficient (Wildman–Crippen LogP) is 0.0106. The minimum Gasteiger partial charge on any atom is -0.310 e. The molecule has 24 heavy (non-hydrogen) atoms. The molecule has 2 heterocycles. The van der Waals surface area contributed by atoms with Crippen LogP contribution in [-0.2, 0) is 10.0 Å². The lowest BCUT2D eigenvalue weighted by Gasteiger charge is -2.40. The zero-order chi connectivity index (χ0) is 17.3. The van der Waals surface area contributed by atoms with Crippen molar-refractivity contribution in [1.82, 2.24) is 19.2 Å². The van der Waals surface area contributed by atoms with Crippen LogP contribution in [0, 0.1) is 6.92 Å². The largest absolute Gasteiger partial charge is 0.325 e. The third-order valence-electron chi connectivity index (χ3n) is 5.04. The molecule has 0 atom stereocenters. The topological polar surface area (TPSA) is 106 Å². The second kappa shape index (κ2) is 6.81. The molecule has 0 radical (unpaired) electrons. The van der Waals surface area contributed by atoms with Crippen LogP contribution in [0.15, 0.2) is 14.5 Å². The van der Waals surface area contributed by atoms with Crippen molar-refractivity contribution in [3.63, 3.8) is 0 Å². The van der Waals surface area contributed by atoms with Crippen molar-refractivity contribution in [3.05, 3.63) is 26.5 Å². The number of hydrogen-bond donors (Lipinski definition) is 2. The number of piperazine rings is 1. The van der Waals surface area contributed by atoms with Gasteiger partial charge in [-0.25, -0.2) is 13.2 Å². The van der Waals surface area contributed by atoms with Crippen molar-refractivity contribution in [2.75, 3.05) is 26.2 Å². The van der Waals surface area contributed by atoms with Crippen molar-refractivity contribution in [3.8, 4) is 0 Å². The van der Waals surface area contributed by atoms with E-state index in [2.05, 4.69) is 9.88 Å². The van der Waals surface area contributed by atoms with E-state index in [0.29, 0.717) is 32.2 Å². The number of aryl methyl sites for hydroxylation is 1. The third-order valence-corrected chi connectivity index (χ3v) is 7.09. The Balaban J connectivity index is 1.76. The molecule has 0 bridgehead atoms. The maximum absolute atomic E-state index is 12.8. The van der Waals surface area contributed by atoms with Crippen LogP contribution in [0.4, 0.5) is 0 Å². The van der Waals surface area contributed by atoms with Gasteiger partial charge in [0.25, 0.3) is 5.56 Å². The van der Waals surface area contributed by atoms with Gasteiger partial charge in [0.1, 0.15) is 0 Å². The lowest BCUT2D eigenvalue weighted by molar-refractivity contribution is 0.111. The summed E-state index contributed by atoms with van der Waals surface area (Å²) in [6, 6.07) is 0.557. The average Bonchev–Trinajstić information content (AvgIpc) is 2.54. The SMILES string of the molecule is Cc1[nH]c(=O)[nH]c(=O)c1S(=O)(=O)N1CCN(C2CCCCC2)CC1. The van der Waals surface area contributed by atoms with Gasteiger partial charge in [-0.15, -0.1) is 0 Å². The van der Waals surface area contributed by atoms with E-state index in [1.165, 1.54) is 43.3 Å². The molecular formula is C15H24N4O4S. The van der Waals surface area contributed by atoms with Crippen LogP contribution in [0.25, 0.3) is 0 Å². The first-order chi connectivity index (χ1) is 11.4. The highest BCUT2D eigenvalue weighted by Crippen LogP contribution is 2.24. The molecule has 1 aliphatic carbocycles. The van der Waals surface area contributed by atoms with Gasteiger partial charge in [-0.1, -0.05) is 19.3 Å². The number of nitrogens with one attached hydrogen (secondary N) is 2. The Bertz CT molecular complexity index is 799. The highest BCUT2D eigenvalue weighted by Gasteiger charge is 2.34. The monoisotopic (exact) mass is 356 g/mol. The second-order valence-corrected chi connectivity index (χ2v) is 8.47. The minimum atomic E-state index is -3.90. The van der Waals surface area contributed by atoms with E-state index in [1.54, 1.807) is 0 Å². The summed E-state index contributed by atoms with van der Waals surface area (Å²) < 4.78 is 26.9. The number of aromatic nitrogens is 2. The predicted molar refractivity (Wildman–Crippen MR) is 89.6 cm³/mol. The molecule has 9 heteroatoms. The molecule has 2 aliphatic rings. The lowest BCUT2D eigenvalue weighted by atomic mass is 9.94. The van der Waals surface area contributed by atoms with Gasteiger partial charge in [-0.3, -0.25) is 14.7 Å². The fourth-order valence-electron chi connectivity index (χ4n) is 3.78. The Hall–Kier alpha value is -1.45. The first kappa shape index (κ1) is 17.4. The Morgan fingerprint density at radius 3 is 2.17 bits per heavy atom. The molecule has 1 saturated carbocycles. The van der Waals surface area contributed by atoms with Gasteiger partial charge in [-0.05, 0) is 19.8 Å². The molecule has 2 fully saturated rings. The Morgan fingerprint density at radius 1 is 0.958 bits per heavy atom. The normalized spacial score (nSPS) is 21.9. The second-order valence-electron chi connectivity index (χ2n) is 6.59. The minimum absolute atomic E-state index is 0.0819. The molecule has 0 aromatic carbocycles. The highest BCUT2D eigenvalue weighted by atomic mass is 32.2. The summed E-state index contributed by atoms with van der Waals surface area (Å²) in [5, 5.41) is 0. The van der Waals surface area contributed by atoms with E-state index in [1.807, 2.05) is 4.98 Å². The number of H-pyrrole nitrogens is 2. The molecule has 2 N–H and O–H groups in total. The van der Waals surface area contributed by atoms with Gasteiger partial charge >= 0.3 is 5.69 Å². The molecule has 8 nitrogen and oxygen atoms in total. The molecule has 1 aliphatic heterocycles. The number of aromatic amines is 2. The molecule has 134 valence electrons. The van der Waals surface area contributed by atoms with Gasteiger partial charge in [0, 0.05) is 37.9 Å². The molecule has 0 spiro atoms. The summed E-state index contributed by atoms with van der Waals surface area (Å²) in [7, 11) is -3.90. The Morgan fingerprint density at radius 2 is 1.58 bits per heavy atom. The first-order valence-electron chi connectivity index (χ1n) is 8.47. The highest BCUT2D eigenvalue weighted by molar-refractivity contribution is 7.89. The summed E-state index contributed by atoms with van der Waals surface area (Å²) in [5.41, 5.74) is -1.47. The first-order valence-corrected chi connectivity index (χ1v) is 9.91. The average molecular weight is 356 g/mol. The van der Waals surface area contributed by atoms with Crippen molar-refractivity contribution < 1.29 is 8.42 Å². The van der Waals surface area contributed by atoms with Gasteiger partial charge in [0.05, 0.1) is 0 Å². The molecule has 1 saturated heterocycles. The van der Waals surface area contributed by atoms with E-state index >= 15 is 0 Å². The summed E-state index contributed by atoms with van der Waals surface area (Å²) in [4.78, 5) is 29.6. The lowest BCUT2D eigenvalue weighted by Crippen LogP contribution is -2.53. The number of rotatable bonds is 3. The van der Waals surface area contributed by atoms with Gasteiger partial charge < -0.3 is 4.98 Å². The Kier molecular flexibility index (Phi) is 4.93. The van der Waals surface area contributed by atoms with Crippen LogP contribution in [0.3, 0.4) is 0 Å². The fraction of sp³-hybridized carbons (Fsp3) is 0.733. The maximum atomic E-state index is 12.8.